The first-order valence-corrected chi connectivity index (χ1v) is 18.6. The molecule has 0 saturated carbocycles. The zero-order valence-electron chi connectivity index (χ0n) is 29.2. The molecule has 1 aliphatic heterocycles. The molecule has 0 bridgehead atoms. The Morgan fingerprint density at radius 2 is 1.78 bits per heavy atom. The number of unbranched alkanes of at least 4 members (excludes halogenated alkanes) is 2. The molecular formula is C44H45N2O3S+. The SMILES string of the molecule is CC[n+]1c(C=C2C=C(C=CC=C3Oc4ccc(-c5ccccc5)cc4N3CCCCCC(=O)O)CC(C)(C)C2)sc2ccc3ccccc3c21. The molecule has 1 aromatic heterocycles. The van der Waals surface area contributed by atoms with Crippen LogP contribution in [0, 0.1) is 5.41 Å². The number of thiazole rings is 1. The predicted molar refractivity (Wildman–Crippen MR) is 207 cm³/mol. The van der Waals surface area contributed by atoms with E-state index in [0.29, 0.717) is 6.42 Å². The minimum Gasteiger partial charge on any atom is -0.481 e. The Labute approximate surface area is 299 Å². The van der Waals surface area contributed by atoms with Crippen LogP contribution in [0.3, 0.4) is 0 Å². The molecule has 2 heterocycles. The topological polar surface area (TPSA) is 53.7 Å². The number of hydrogen-bond acceptors (Lipinski definition) is 4. The molecule has 0 radical (unpaired) electrons. The van der Waals surface area contributed by atoms with Crippen molar-refractivity contribution in [2.24, 2.45) is 5.41 Å². The zero-order chi connectivity index (χ0) is 34.7. The van der Waals surface area contributed by atoms with Gasteiger partial charge in [0.2, 0.25) is 11.4 Å². The molecule has 0 saturated heterocycles. The van der Waals surface area contributed by atoms with Crippen LogP contribution in [0.4, 0.5) is 5.69 Å². The van der Waals surface area contributed by atoms with Crippen molar-refractivity contribution in [3.05, 3.63) is 131 Å². The number of carbonyl (C=O) groups is 1. The van der Waals surface area contributed by atoms with Crippen LogP contribution in [0.2, 0.25) is 0 Å². The van der Waals surface area contributed by atoms with Crippen molar-refractivity contribution in [1.29, 1.82) is 0 Å². The Kier molecular flexibility index (Phi) is 9.73. The van der Waals surface area contributed by atoms with E-state index in [9.17, 15) is 4.79 Å². The number of nitrogens with zero attached hydrogens (tertiary/aromatic N) is 2. The second-order valence-corrected chi connectivity index (χ2v) is 15.2. The highest BCUT2D eigenvalue weighted by Gasteiger charge is 2.28. The van der Waals surface area contributed by atoms with Crippen LogP contribution in [0.5, 0.6) is 5.75 Å². The molecule has 0 unspecified atom stereocenters. The number of carboxylic acid groups (broad SMARTS) is 1. The summed E-state index contributed by atoms with van der Waals surface area (Å²) in [5.74, 6) is 0.907. The van der Waals surface area contributed by atoms with Gasteiger partial charge in [-0.1, -0.05) is 110 Å². The van der Waals surface area contributed by atoms with Crippen molar-refractivity contribution in [1.82, 2.24) is 0 Å². The largest absolute Gasteiger partial charge is 0.481 e. The molecule has 5 nitrogen and oxygen atoms in total. The summed E-state index contributed by atoms with van der Waals surface area (Å²) in [6, 6.07) is 30.0. The summed E-state index contributed by atoms with van der Waals surface area (Å²) in [7, 11) is 0. The van der Waals surface area contributed by atoms with E-state index in [1.54, 1.807) is 0 Å². The lowest BCUT2D eigenvalue weighted by Crippen LogP contribution is -2.33. The van der Waals surface area contributed by atoms with Crippen LogP contribution >= 0.6 is 11.3 Å². The van der Waals surface area contributed by atoms with Crippen molar-refractivity contribution >= 4 is 50.1 Å². The van der Waals surface area contributed by atoms with E-state index < -0.39 is 5.97 Å². The standard InChI is InChI=1S/C44H44N2O3S/c1-4-45-41(50-39-24-22-34-17-10-11-18-36(34)43(39)45)27-32-26-31(29-44(2,3)30-32)14-13-19-40-46(25-12-6-9-20-42(47)48)37-28-35(21-23-38(37)49-40)33-15-7-5-8-16-33/h5,7-8,10-11,13-19,21-24,26-28H,4,6,9,12,20,25,29-30H2,1-3H3/p+1. The molecule has 6 heteroatoms. The molecule has 0 fully saturated rings. The van der Waals surface area contributed by atoms with Crippen molar-refractivity contribution in [3.8, 4) is 16.9 Å². The summed E-state index contributed by atoms with van der Waals surface area (Å²) in [4.78, 5) is 13.3. The molecule has 254 valence electrons. The first-order valence-electron chi connectivity index (χ1n) is 17.8. The molecular weight excluding hydrogens is 637 g/mol. The van der Waals surface area contributed by atoms with E-state index in [0.717, 1.165) is 67.2 Å². The van der Waals surface area contributed by atoms with Crippen LogP contribution < -0.4 is 14.2 Å². The third-order valence-corrected chi connectivity index (χ3v) is 10.7. The maximum atomic E-state index is 11.1. The Balaban J connectivity index is 1.16. The first-order chi connectivity index (χ1) is 24.3. The molecule has 2 aliphatic rings. The van der Waals surface area contributed by atoms with Gasteiger partial charge in [-0.2, -0.15) is 4.57 Å². The van der Waals surface area contributed by atoms with E-state index in [-0.39, 0.29) is 11.8 Å². The maximum Gasteiger partial charge on any atom is 0.303 e. The molecule has 1 N–H and O–H groups in total. The van der Waals surface area contributed by atoms with Crippen molar-refractivity contribution in [2.45, 2.75) is 65.8 Å². The van der Waals surface area contributed by atoms with Crippen LogP contribution in [0.1, 0.15) is 64.3 Å². The fourth-order valence-electron chi connectivity index (χ4n) is 7.40. The number of aliphatic carboxylic acids is 1. The van der Waals surface area contributed by atoms with Crippen molar-refractivity contribution in [3.63, 3.8) is 0 Å². The molecule has 0 amide bonds. The van der Waals surface area contributed by atoms with E-state index in [1.807, 2.05) is 17.4 Å². The van der Waals surface area contributed by atoms with Gasteiger partial charge >= 0.3 is 5.97 Å². The minimum atomic E-state index is -0.738. The second kappa shape index (κ2) is 14.5. The van der Waals surface area contributed by atoms with E-state index in [1.165, 1.54) is 37.1 Å². The van der Waals surface area contributed by atoms with Gasteiger partial charge in [0, 0.05) is 19.0 Å². The summed E-state index contributed by atoms with van der Waals surface area (Å²) >= 11 is 1.88. The van der Waals surface area contributed by atoms with Crippen LogP contribution in [-0.4, -0.2) is 17.6 Å². The molecule has 0 atom stereocenters. The second-order valence-electron chi connectivity index (χ2n) is 14.1. The summed E-state index contributed by atoms with van der Waals surface area (Å²) in [6.45, 7) is 8.64. The number of rotatable bonds is 11. The maximum absolute atomic E-state index is 11.1. The Morgan fingerprint density at radius 3 is 2.60 bits per heavy atom. The minimum absolute atomic E-state index is 0.143. The third kappa shape index (κ3) is 7.31. The van der Waals surface area contributed by atoms with Crippen LogP contribution in [-0.2, 0) is 11.3 Å². The summed E-state index contributed by atoms with van der Waals surface area (Å²) < 4.78 is 10.2. The molecule has 4 aromatic carbocycles. The number of benzene rings is 4. The number of hydrogen-bond donors (Lipinski definition) is 1. The van der Waals surface area contributed by atoms with Crippen molar-refractivity contribution in [2.75, 3.05) is 11.4 Å². The monoisotopic (exact) mass is 681 g/mol. The molecule has 50 heavy (non-hydrogen) atoms. The highest BCUT2D eigenvalue weighted by molar-refractivity contribution is 7.19. The highest BCUT2D eigenvalue weighted by atomic mass is 32.1. The smallest absolute Gasteiger partial charge is 0.303 e. The van der Waals surface area contributed by atoms with Gasteiger partial charge in [-0.15, -0.1) is 0 Å². The Bertz CT molecular complexity index is 2170. The normalized spacial score (nSPS) is 17.2. The third-order valence-electron chi connectivity index (χ3n) is 9.63. The summed E-state index contributed by atoms with van der Waals surface area (Å²) in [5, 5.41) is 13.0. The van der Waals surface area contributed by atoms with Gasteiger partial charge in [0.25, 0.3) is 5.01 Å². The van der Waals surface area contributed by atoms with Gasteiger partial charge in [0.1, 0.15) is 11.2 Å². The van der Waals surface area contributed by atoms with Gasteiger partial charge in [0.15, 0.2) is 5.75 Å². The molecule has 0 spiro atoms. The Morgan fingerprint density at radius 1 is 0.960 bits per heavy atom. The lowest BCUT2D eigenvalue weighted by atomic mass is 9.75. The number of anilines is 1. The number of carboxylic acids is 1. The molecule has 7 rings (SSSR count). The van der Waals surface area contributed by atoms with Crippen LogP contribution in [0.25, 0.3) is 38.2 Å². The van der Waals surface area contributed by atoms with E-state index in [2.05, 4.69) is 139 Å². The number of allylic oxidation sites excluding steroid dienone is 6. The average molecular weight is 682 g/mol. The average Bonchev–Trinajstić information content (AvgIpc) is 3.64. The summed E-state index contributed by atoms with van der Waals surface area (Å²) in [6.07, 6.45) is 15.9. The van der Waals surface area contributed by atoms with Gasteiger partial charge in [-0.3, -0.25) is 4.79 Å². The van der Waals surface area contributed by atoms with Gasteiger partial charge < -0.3 is 14.7 Å². The number of ether oxygens (including phenoxy) is 1. The fraction of sp³-hybridized carbons (Fsp3) is 0.273. The Hall–Kier alpha value is -4.94. The molecule has 1 aliphatic carbocycles. The van der Waals surface area contributed by atoms with Gasteiger partial charge in [0.05, 0.1) is 11.1 Å². The fourth-order valence-corrected chi connectivity index (χ4v) is 8.62. The lowest BCUT2D eigenvalue weighted by molar-refractivity contribution is -0.664. The van der Waals surface area contributed by atoms with Gasteiger partial charge in [-0.05, 0) is 96.0 Å². The molecule has 5 aromatic rings. The van der Waals surface area contributed by atoms with E-state index in [4.69, 9.17) is 9.84 Å². The lowest BCUT2D eigenvalue weighted by Gasteiger charge is -2.30. The first kappa shape index (κ1) is 33.6. The van der Waals surface area contributed by atoms with Crippen molar-refractivity contribution < 1.29 is 19.2 Å². The van der Waals surface area contributed by atoms with E-state index >= 15 is 0 Å². The summed E-state index contributed by atoms with van der Waals surface area (Å²) in [5.41, 5.74) is 7.49. The van der Waals surface area contributed by atoms with Gasteiger partial charge in [-0.25, -0.2) is 0 Å². The highest BCUT2D eigenvalue weighted by Crippen LogP contribution is 2.43. The number of aryl methyl sites for hydroxylation is 1. The number of fused-ring (bicyclic) bond motifs is 4. The van der Waals surface area contributed by atoms with Crippen LogP contribution in [0.15, 0.2) is 126 Å². The predicted octanol–water partition coefficient (Wildman–Crippen LogP) is 11.1. The quantitative estimate of drug-likeness (QED) is 0.111. The number of aromatic nitrogens is 1. The zero-order valence-corrected chi connectivity index (χ0v) is 30.0.